The summed E-state index contributed by atoms with van der Waals surface area (Å²) in [6.07, 6.45) is 0.643. The van der Waals surface area contributed by atoms with Crippen LogP contribution >= 0.6 is 0 Å². The Morgan fingerprint density at radius 2 is 1.92 bits per heavy atom. The fourth-order valence-electron chi connectivity index (χ4n) is 3.00. The van der Waals surface area contributed by atoms with Crippen molar-refractivity contribution in [1.29, 1.82) is 0 Å². The van der Waals surface area contributed by atoms with E-state index in [1.807, 2.05) is 12.1 Å². The smallest absolute Gasteiger partial charge is 0.218 e. The number of rotatable bonds is 7. The number of nitrogens with zero attached hydrogens (tertiary/aromatic N) is 1. The van der Waals surface area contributed by atoms with Crippen molar-refractivity contribution < 1.29 is 18.0 Å². The van der Waals surface area contributed by atoms with Crippen molar-refractivity contribution in [3.05, 3.63) is 35.4 Å². The molecule has 0 unspecified atom stereocenters. The van der Waals surface area contributed by atoms with Crippen molar-refractivity contribution in [2.75, 3.05) is 33.9 Å². The van der Waals surface area contributed by atoms with E-state index in [4.69, 9.17) is 9.57 Å². The SMILES string of the molecule is COCCCNS(=O)(=O)[C@@H]1CON(C)[C@H]1c1ccc(C(C)(C)C)cc1. The minimum Gasteiger partial charge on any atom is -0.385 e. The molecule has 0 radical (unpaired) electrons. The maximum atomic E-state index is 12.7. The highest BCUT2D eigenvalue weighted by atomic mass is 32.2. The van der Waals surface area contributed by atoms with Crippen LogP contribution in [0.3, 0.4) is 0 Å². The molecule has 1 fully saturated rings. The summed E-state index contributed by atoms with van der Waals surface area (Å²) in [7, 11) is -0.0982. The zero-order chi connectivity index (χ0) is 18.7. The lowest BCUT2D eigenvalue weighted by molar-refractivity contribution is -0.110. The number of methoxy groups -OCH3 is 1. The summed E-state index contributed by atoms with van der Waals surface area (Å²) in [6.45, 7) is 7.52. The summed E-state index contributed by atoms with van der Waals surface area (Å²) in [5.74, 6) is 0. The maximum Gasteiger partial charge on any atom is 0.218 e. The van der Waals surface area contributed by atoms with Crippen LogP contribution in [0.2, 0.25) is 0 Å². The average molecular weight is 371 g/mol. The molecule has 1 heterocycles. The predicted octanol–water partition coefficient (Wildman–Crippen LogP) is 2.23. The zero-order valence-electron chi connectivity index (χ0n) is 15.8. The van der Waals surface area contributed by atoms with Gasteiger partial charge in [0.25, 0.3) is 0 Å². The number of nitrogens with one attached hydrogen (secondary N) is 1. The molecule has 0 bridgehead atoms. The van der Waals surface area contributed by atoms with Crippen LogP contribution in [0.5, 0.6) is 0 Å². The molecule has 1 aromatic rings. The number of sulfonamides is 1. The molecule has 2 atom stereocenters. The van der Waals surface area contributed by atoms with E-state index in [1.165, 1.54) is 5.56 Å². The van der Waals surface area contributed by atoms with Gasteiger partial charge in [-0.2, -0.15) is 5.06 Å². The Morgan fingerprint density at radius 3 is 2.48 bits per heavy atom. The van der Waals surface area contributed by atoms with Crippen molar-refractivity contribution in [3.8, 4) is 0 Å². The van der Waals surface area contributed by atoms with Gasteiger partial charge in [-0.3, -0.25) is 4.84 Å². The Hall–Kier alpha value is -0.990. The molecule has 0 aliphatic carbocycles. The van der Waals surface area contributed by atoms with Gasteiger partial charge in [0, 0.05) is 27.3 Å². The van der Waals surface area contributed by atoms with E-state index in [0.717, 1.165) is 5.56 Å². The van der Waals surface area contributed by atoms with Crippen molar-refractivity contribution in [1.82, 2.24) is 9.79 Å². The minimum atomic E-state index is -3.48. The van der Waals surface area contributed by atoms with Gasteiger partial charge in [-0.25, -0.2) is 13.1 Å². The largest absolute Gasteiger partial charge is 0.385 e. The number of hydrogen-bond acceptors (Lipinski definition) is 5. The topological polar surface area (TPSA) is 67.9 Å². The van der Waals surface area contributed by atoms with Gasteiger partial charge in [-0.15, -0.1) is 0 Å². The minimum absolute atomic E-state index is 0.0605. The van der Waals surface area contributed by atoms with Gasteiger partial charge < -0.3 is 4.74 Å². The average Bonchev–Trinajstić information content (AvgIpc) is 2.93. The van der Waals surface area contributed by atoms with E-state index in [0.29, 0.717) is 19.6 Å². The highest BCUT2D eigenvalue weighted by molar-refractivity contribution is 7.90. The van der Waals surface area contributed by atoms with Crippen LogP contribution in [0.1, 0.15) is 44.4 Å². The van der Waals surface area contributed by atoms with E-state index in [2.05, 4.69) is 37.6 Å². The van der Waals surface area contributed by atoms with Crippen molar-refractivity contribution in [2.45, 2.75) is 43.9 Å². The Morgan fingerprint density at radius 1 is 1.28 bits per heavy atom. The van der Waals surface area contributed by atoms with Crippen LogP contribution in [-0.4, -0.2) is 52.6 Å². The first-order valence-electron chi connectivity index (χ1n) is 8.60. The lowest BCUT2D eigenvalue weighted by Crippen LogP contribution is -2.39. The zero-order valence-corrected chi connectivity index (χ0v) is 16.6. The standard InChI is InChI=1S/C18H30N2O4S/c1-18(2,3)15-9-7-14(8-10-15)17-16(13-24-20(17)4)25(21,22)19-11-6-12-23-5/h7-10,16-17,19H,6,11-13H2,1-5H3/t16-,17+/m1/s1. The van der Waals surface area contributed by atoms with Gasteiger partial charge in [0.1, 0.15) is 5.25 Å². The second kappa shape index (κ2) is 8.14. The van der Waals surface area contributed by atoms with Gasteiger partial charge in [0.2, 0.25) is 10.0 Å². The first-order valence-corrected chi connectivity index (χ1v) is 10.1. The Bertz CT molecular complexity index is 653. The van der Waals surface area contributed by atoms with E-state index < -0.39 is 15.3 Å². The second-order valence-electron chi connectivity index (χ2n) is 7.48. The fourth-order valence-corrected chi connectivity index (χ4v) is 4.55. The van der Waals surface area contributed by atoms with E-state index in [-0.39, 0.29) is 18.1 Å². The highest BCUT2D eigenvalue weighted by Gasteiger charge is 2.43. The summed E-state index contributed by atoms with van der Waals surface area (Å²) in [4.78, 5) is 5.53. The molecule has 142 valence electrons. The van der Waals surface area contributed by atoms with Crippen LogP contribution in [0.15, 0.2) is 24.3 Å². The quantitative estimate of drug-likeness (QED) is 0.746. The molecule has 0 saturated carbocycles. The Kier molecular flexibility index (Phi) is 6.62. The van der Waals surface area contributed by atoms with Gasteiger partial charge >= 0.3 is 0 Å². The molecule has 0 amide bonds. The molecule has 1 saturated heterocycles. The second-order valence-corrected chi connectivity index (χ2v) is 9.47. The molecule has 1 aromatic carbocycles. The Balaban J connectivity index is 2.17. The van der Waals surface area contributed by atoms with Gasteiger partial charge in [0.15, 0.2) is 0 Å². The third-order valence-electron chi connectivity index (χ3n) is 4.53. The summed E-state index contributed by atoms with van der Waals surface area (Å²) in [5.41, 5.74) is 2.22. The summed E-state index contributed by atoms with van der Waals surface area (Å²) in [6, 6.07) is 7.82. The first kappa shape index (κ1) is 20.3. The summed E-state index contributed by atoms with van der Waals surface area (Å²) < 4.78 is 33.0. The predicted molar refractivity (Wildman–Crippen MR) is 98.8 cm³/mol. The number of benzene rings is 1. The fraction of sp³-hybridized carbons (Fsp3) is 0.667. The van der Waals surface area contributed by atoms with Gasteiger partial charge in [-0.05, 0) is 23.0 Å². The molecular weight excluding hydrogens is 340 g/mol. The van der Waals surface area contributed by atoms with Crippen LogP contribution < -0.4 is 4.72 Å². The van der Waals surface area contributed by atoms with E-state index in [9.17, 15) is 8.42 Å². The van der Waals surface area contributed by atoms with E-state index in [1.54, 1.807) is 19.2 Å². The third-order valence-corrected chi connectivity index (χ3v) is 6.33. The van der Waals surface area contributed by atoms with Gasteiger partial charge in [0.05, 0.1) is 12.6 Å². The van der Waals surface area contributed by atoms with Crippen molar-refractivity contribution in [2.24, 2.45) is 0 Å². The van der Waals surface area contributed by atoms with Crippen molar-refractivity contribution in [3.63, 3.8) is 0 Å². The lowest BCUT2D eigenvalue weighted by atomic mass is 9.86. The summed E-state index contributed by atoms with van der Waals surface area (Å²) in [5, 5.41) is 1.01. The lowest BCUT2D eigenvalue weighted by Gasteiger charge is -2.25. The number of ether oxygens (including phenoxy) is 1. The molecule has 0 aromatic heterocycles. The number of hydrogen-bond donors (Lipinski definition) is 1. The monoisotopic (exact) mass is 370 g/mol. The Labute approximate surface area is 151 Å². The maximum absolute atomic E-state index is 12.7. The van der Waals surface area contributed by atoms with Crippen LogP contribution in [-0.2, 0) is 25.0 Å². The molecular formula is C18H30N2O4S. The normalized spacial score (nSPS) is 22.4. The van der Waals surface area contributed by atoms with Crippen LogP contribution in [0, 0.1) is 0 Å². The molecule has 6 nitrogen and oxygen atoms in total. The first-order chi connectivity index (χ1) is 11.7. The molecule has 1 N–H and O–H groups in total. The molecule has 0 spiro atoms. The molecule has 1 aliphatic rings. The van der Waals surface area contributed by atoms with E-state index >= 15 is 0 Å². The van der Waals surface area contributed by atoms with Gasteiger partial charge in [-0.1, -0.05) is 45.0 Å². The summed E-state index contributed by atoms with van der Waals surface area (Å²) >= 11 is 0. The highest BCUT2D eigenvalue weighted by Crippen LogP contribution is 2.34. The molecule has 2 rings (SSSR count). The van der Waals surface area contributed by atoms with Crippen LogP contribution in [0.25, 0.3) is 0 Å². The third kappa shape index (κ3) is 5.01. The van der Waals surface area contributed by atoms with Crippen molar-refractivity contribution >= 4 is 10.0 Å². The van der Waals surface area contributed by atoms with Crippen LogP contribution in [0.4, 0.5) is 0 Å². The number of hydroxylamine groups is 2. The molecule has 25 heavy (non-hydrogen) atoms. The molecule has 7 heteroatoms. The molecule has 1 aliphatic heterocycles.